The number of carboxylic acid groups (broad SMARTS) is 1. The topological polar surface area (TPSA) is 119 Å². The molecule has 2 N–H and O–H groups in total. The maximum absolute atomic E-state index is 11.6. The van der Waals surface area contributed by atoms with Crippen LogP contribution in [-0.2, 0) is 9.59 Å². The van der Waals surface area contributed by atoms with Gasteiger partial charge in [0.25, 0.3) is 11.6 Å². The van der Waals surface area contributed by atoms with E-state index in [2.05, 4.69) is 5.32 Å². The van der Waals surface area contributed by atoms with Crippen molar-refractivity contribution in [1.82, 2.24) is 5.32 Å². The first-order valence-corrected chi connectivity index (χ1v) is 6.33. The maximum atomic E-state index is 11.6. The largest absolute Gasteiger partial charge is 0.484 e. The smallest absolute Gasteiger partial charge is 0.326 e. The zero-order chi connectivity index (χ0) is 15.8. The number of non-ortho nitro benzene ring substituents is 1. The van der Waals surface area contributed by atoms with E-state index in [1.807, 2.05) is 6.92 Å². The summed E-state index contributed by atoms with van der Waals surface area (Å²) in [5.74, 6) is -1.54. The Labute approximate surface area is 120 Å². The lowest BCUT2D eigenvalue weighted by Gasteiger charge is -2.13. The zero-order valence-electron chi connectivity index (χ0n) is 11.4. The molecule has 0 fully saturated rings. The summed E-state index contributed by atoms with van der Waals surface area (Å²) < 4.78 is 5.11. The third kappa shape index (κ3) is 5.47. The van der Waals surface area contributed by atoms with Gasteiger partial charge in [0, 0.05) is 6.07 Å². The van der Waals surface area contributed by atoms with E-state index in [0.717, 1.165) is 0 Å². The van der Waals surface area contributed by atoms with Crippen molar-refractivity contribution in [2.45, 2.75) is 25.8 Å². The van der Waals surface area contributed by atoms with Gasteiger partial charge in [0.1, 0.15) is 11.8 Å². The number of carboxylic acids is 1. The Hall–Kier alpha value is -2.64. The highest BCUT2D eigenvalue weighted by molar-refractivity contribution is 5.84. The van der Waals surface area contributed by atoms with Crippen LogP contribution in [0.15, 0.2) is 24.3 Å². The van der Waals surface area contributed by atoms with Gasteiger partial charge in [-0.2, -0.15) is 0 Å². The molecule has 114 valence electrons. The summed E-state index contributed by atoms with van der Waals surface area (Å²) in [6.45, 7) is 1.40. The Morgan fingerprint density at radius 3 is 2.76 bits per heavy atom. The van der Waals surface area contributed by atoms with E-state index in [4.69, 9.17) is 9.84 Å². The van der Waals surface area contributed by atoms with Crippen LogP contribution in [0.2, 0.25) is 0 Å². The van der Waals surface area contributed by atoms with Crippen LogP contribution < -0.4 is 10.1 Å². The van der Waals surface area contributed by atoms with Crippen molar-refractivity contribution in [2.75, 3.05) is 6.61 Å². The van der Waals surface area contributed by atoms with Gasteiger partial charge in [-0.3, -0.25) is 14.9 Å². The molecule has 1 atom stereocenters. The van der Waals surface area contributed by atoms with E-state index in [1.54, 1.807) is 0 Å². The number of hydrogen-bond donors (Lipinski definition) is 2. The number of aliphatic carboxylic acids is 1. The van der Waals surface area contributed by atoms with Crippen LogP contribution in [0.3, 0.4) is 0 Å². The minimum Gasteiger partial charge on any atom is -0.484 e. The molecule has 0 bridgehead atoms. The number of benzene rings is 1. The van der Waals surface area contributed by atoms with Crippen LogP contribution in [-0.4, -0.2) is 34.6 Å². The highest BCUT2D eigenvalue weighted by Gasteiger charge is 2.19. The van der Waals surface area contributed by atoms with E-state index in [0.29, 0.717) is 12.8 Å². The molecule has 0 unspecified atom stereocenters. The van der Waals surface area contributed by atoms with Crippen LogP contribution in [0.4, 0.5) is 5.69 Å². The van der Waals surface area contributed by atoms with Crippen LogP contribution in [0.25, 0.3) is 0 Å². The van der Waals surface area contributed by atoms with E-state index in [-0.39, 0.29) is 11.4 Å². The van der Waals surface area contributed by atoms with Crippen molar-refractivity contribution in [3.8, 4) is 5.75 Å². The lowest BCUT2D eigenvalue weighted by atomic mass is 10.2. The van der Waals surface area contributed by atoms with Crippen LogP contribution in [0.1, 0.15) is 19.8 Å². The number of nitro benzene ring substituents is 1. The van der Waals surface area contributed by atoms with Crippen LogP contribution in [0, 0.1) is 10.1 Å². The number of ether oxygens (including phenoxy) is 1. The molecule has 0 aliphatic heterocycles. The molecule has 0 radical (unpaired) electrons. The molecule has 1 aromatic rings. The van der Waals surface area contributed by atoms with Gasteiger partial charge in [-0.05, 0) is 12.5 Å². The summed E-state index contributed by atoms with van der Waals surface area (Å²) in [4.78, 5) is 32.5. The predicted octanol–water partition coefficient (Wildman–Crippen LogP) is 1.34. The molecule has 0 aromatic heterocycles. The van der Waals surface area contributed by atoms with Gasteiger partial charge in [0.15, 0.2) is 6.61 Å². The molecule has 0 saturated carbocycles. The third-order valence-electron chi connectivity index (χ3n) is 2.61. The molecule has 1 amide bonds. The number of nitro groups is 1. The molecule has 0 heterocycles. The minimum atomic E-state index is -1.11. The average molecular weight is 296 g/mol. The number of nitrogens with one attached hydrogen (secondary N) is 1. The monoisotopic (exact) mass is 296 g/mol. The molecule has 8 heteroatoms. The molecular weight excluding hydrogens is 280 g/mol. The highest BCUT2D eigenvalue weighted by Crippen LogP contribution is 2.18. The zero-order valence-corrected chi connectivity index (χ0v) is 11.4. The van der Waals surface area contributed by atoms with Crippen molar-refractivity contribution in [3.63, 3.8) is 0 Å². The van der Waals surface area contributed by atoms with E-state index in [1.165, 1.54) is 24.3 Å². The lowest BCUT2D eigenvalue weighted by Crippen LogP contribution is -2.42. The molecule has 0 aliphatic rings. The van der Waals surface area contributed by atoms with Gasteiger partial charge in [-0.25, -0.2) is 4.79 Å². The van der Waals surface area contributed by atoms with Gasteiger partial charge in [-0.15, -0.1) is 0 Å². The number of carbonyl (C=O) groups excluding carboxylic acids is 1. The van der Waals surface area contributed by atoms with Gasteiger partial charge in [0.05, 0.1) is 11.0 Å². The van der Waals surface area contributed by atoms with Crippen molar-refractivity contribution >= 4 is 17.6 Å². The second-order valence-electron chi connectivity index (χ2n) is 4.29. The number of rotatable bonds is 8. The number of nitrogens with zero attached hydrogens (tertiary/aromatic N) is 1. The molecule has 21 heavy (non-hydrogen) atoms. The molecule has 0 spiro atoms. The van der Waals surface area contributed by atoms with E-state index in [9.17, 15) is 19.7 Å². The Balaban J connectivity index is 2.54. The first-order chi connectivity index (χ1) is 9.93. The minimum absolute atomic E-state index is 0.151. The fourth-order valence-electron chi connectivity index (χ4n) is 1.62. The van der Waals surface area contributed by atoms with Gasteiger partial charge in [-0.1, -0.05) is 19.4 Å². The summed E-state index contributed by atoms with van der Waals surface area (Å²) in [6.07, 6.45) is 0.931. The predicted molar refractivity (Wildman–Crippen MR) is 73.1 cm³/mol. The molecular formula is C13H16N2O6. The number of carbonyl (C=O) groups is 2. The standard InChI is InChI=1S/C13H16N2O6/c1-2-4-11(13(17)18)14-12(16)8-21-10-6-3-5-9(7-10)15(19)20/h3,5-7,11H,2,4,8H2,1H3,(H,14,16)(H,17,18)/t11-/m1/s1. The fourth-order valence-corrected chi connectivity index (χ4v) is 1.62. The molecule has 0 saturated heterocycles. The van der Waals surface area contributed by atoms with Crippen molar-refractivity contribution in [3.05, 3.63) is 34.4 Å². The second kappa shape index (κ2) is 7.83. The van der Waals surface area contributed by atoms with Crippen molar-refractivity contribution in [2.24, 2.45) is 0 Å². The van der Waals surface area contributed by atoms with Gasteiger partial charge in [0.2, 0.25) is 0 Å². The molecule has 0 aliphatic carbocycles. The summed E-state index contributed by atoms with van der Waals surface area (Å²) in [7, 11) is 0. The van der Waals surface area contributed by atoms with Gasteiger partial charge >= 0.3 is 5.97 Å². The summed E-state index contributed by atoms with van der Waals surface area (Å²) in [6, 6.07) is 4.43. The molecule has 1 aromatic carbocycles. The van der Waals surface area contributed by atoms with E-state index >= 15 is 0 Å². The van der Waals surface area contributed by atoms with Crippen molar-refractivity contribution in [1.29, 1.82) is 0 Å². The number of hydrogen-bond acceptors (Lipinski definition) is 5. The first kappa shape index (κ1) is 16.4. The third-order valence-corrected chi connectivity index (χ3v) is 2.61. The Kier molecular flexibility index (Phi) is 6.12. The quantitative estimate of drug-likeness (QED) is 0.552. The summed E-state index contributed by atoms with van der Waals surface area (Å²) >= 11 is 0. The summed E-state index contributed by atoms with van der Waals surface area (Å²) in [5.41, 5.74) is -0.151. The van der Waals surface area contributed by atoms with E-state index < -0.39 is 29.4 Å². The summed E-state index contributed by atoms with van der Waals surface area (Å²) in [5, 5.41) is 21.8. The average Bonchev–Trinajstić information content (AvgIpc) is 2.45. The normalized spacial score (nSPS) is 11.5. The first-order valence-electron chi connectivity index (χ1n) is 6.33. The fraction of sp³-hybridized carbons (Fsp3) is 0.385. The SMILES string of the molecule is CCC[C@@H](NC(=O)COc1cccc([N+](=O)[O-])c1)C(=O)O. The van der Waals surface area contributed by atoms with Crippen molar-refractivity contribution < 1.29 is 24.4 Å². The van der Waals surface area contributed by atoms with Gasteiger partial charge < -0.3 is 15.2 Å². The lowest BCUT2D eigenvalue weighted by molar-refractivity contribution is -0.384. The van der Waals surface area contributed by atoms with Crippen LogP contribution >= 0.6 is 0 Å². The molecule has 1 rings (SSSR count). The Morgan fingerprint density at radius 2 is 2.19 bits per heavy atom. The maximum Gasteiger partial charge on any atom is 0.326 e. The Morgan fingerprint density at radius 1 is 1.48 bits per heavy atom. The Bertz CT molecular complexity index is 531. The number of amides is 1. The molecule has 8 nitrogen and oxygen atoms in total. The van der Waals surface area contributed by atoms with Crippen LogP contribution in [0.5, 0.6) is 5.75 Å². The second-order valence-corrected chi connectivity index (χ2v) is 4.29. The highest BCUT2D eigenvalue weighted by atomic mass is 16.6.